The maximum atomic E-state index is 15.1. The Balaban J connectivity index is 1.29. The zero-order valence-electron chi connectivity index (χ0n) is 27.0. The Bertz CT molecular complexity index is 2110. The smallest absolute Gasteiger partial charge is 0.233 e. The van der Waals surface area contributed by atoms with Gasteiger partial charge in [0.15, 0.2) is 11.6 Å². The van der Waals surface area contributed by atoms with Gasteiger partial charge >= 0.3 is 0 Å². The van der Waals surface area contributed by atoms with Gasteiger partial charge in [0.2, 0.25) is 11.8 Å². The second-order valence-electron chi connectivity index (χ2n) is 13.7. The molecule has 8 rings (SSSR count). The van der Waals surface area contributed by atoms with Crippen molar-refractivity contribution in [1.29, 1.82) is 0 Å². The van der Waals surface area contributed by atoms with Crippen LogP contribution in [0.25, 0.3) is 5.57 Å². The highest BCUT2D eigenvalue weighted by atomic mass is 35.5. The molecular weight excluding hydrogens is 650 g/mol. The summed E-state index contributed by atoms with van der Waals surface area (Å²) in [5.41, 5.74) is 2.53. The summed E-state index contributed by atoms with van der Waals surface area (Å²) >= 11 is 6.94. The number of ketones is 2. The summed E-state index contributed by atoms with van der Waals surface area (Å²) < 4.78 is 0. The van der Waals surface area contributed by atoms with Crippen LogP contribution in [0, 0.1) is 23.7 Å². The van der Waals surface area contributed by atoms with E-state index in [2.05, 4.69) is 0 Å². The first-order chi connectivity index (χ1) is 24.2. The first-order valence-electron chi connectivity index (χ1n) is 16.9. The van der Waals surface area contributed by atoms with Crippen LogP contribution in [0.2, 0.25) is 5.02 Å². The Morgan fingerprint density at radius 3 is 2.16 bits per heavy atom. The average Bonchev–Trinajstić information content (AvgIpc) is 3.37. The van der Waals surface area contributed by atoms with E-state index < -0.39 is 35.0 Å². The number of allylic oxidation sites excluding steroid dienone is 4. The number of halogens is 1. The number of fused-ring (bicyclic) bond motifs is 4. The zero-order chi connectivity index (χ0) is 34.7. The molecule has 0 unspecified atom stereocenters. The largest absolute Gasteiger partial charge is 0.508 e. The minimum atomic E-state index is -1.39. The summed E-state index contributed by atoms with van der Waals surface area (Å²) in [6.07, 6.45) is 4.43. The van der Waals surface area contributed by atoms with Crippen LogP contribution in [-0.4, -0.2) is 45.0 Å². The fraction of sp³-hybridized carbons (Fsp3) is 0.238. The highest BCUT2D eigenvalue weighted by Crippen LogP contribution is 2.64. The normalized spacial score (nSPS) is 27.3. The van der Waals surface area contributed by atoms with E-state index in [-0.39, 0.29) is 52.9 Å². The third kappa shape index (κ3) is 4.86. The number of Topliss-reactive ketones (excluding diaryl/α,β-unsaturated/α-hetero) is 1. The summed E-state index contributed by atoms with van der Waals surface area (Å²) in [7, 11) is 0. The van der Waals surface area contributed by atoms with Gasteiger partial charge in [0.25, 0.3) is 0 Å². The summed E-state index contributed by atoms with van der Waals surface area (Å²) in [6, 6.07) is 29.8. The minimum absolute atomic E-state index is 0.0350. The fourth-order valence-electron chi connectivity index (χ4n) is 9.16. The van der Waals surface area contributed by atoms with Crippen LogP contribution in [0.15, 0.2) is 121 Å². The molecule has 2 amide bonds. The number of likely N-dealkylation sites (tertiary alicyclic amines) is 1. The number of hydrogen-bond acceptors (Lipinski definition) is 6. The number of imide groups is 1. The number of carbonyl (C=O) groups is 4. The second kappa shape index (κ2) is 12.3. The van der Waals surface area contributed by atoms with Crippen molar-refractivity contribution in [2.75, 3.05) is 6.54 Å². The zero-order valence-corrected chi connectivity index (χ0v) is 27.8. The van der Waals surface area contributed by atoms with Gasteiger partial charge in [0.1, 0.15) is 11.5 Å². The van der Waals surface area contributed by atoms with Crippen molar-refractivity contribution in [3.63, 3.8) is 0 Å². The maximum Gasteiger partial charge on any atom is 0.233 e. The Kier molecular flexibility index (Phi) is 7.83. The van der Waals surface area contributed by atoms with Crippen molar-refractivity contribution in [3.8, 4) is 11.5 Å². The number of rotatable bonds is 6. The van der Waals surface area contributed by atoms with Crippen LogP contribution < -0.4 is 0 Å². The molecule has 4 aromatic rings. The first kappa shape index (κ1) is 32.0. The van der Waals surface area contributed by atoms with Gasteiger partial charge in [-0.25, -0.2) is 0 Å². The molecule has 0 aromatic heterocycles. The van der Waals surface area contributed by atoms with Gasteiger partial charge in [-0.3, -0.25) is 24.1 Å². The molecule has 2 fully saturated rings. The van der Waals surface area contributed by atoms with E-state index in [1.165, 1.54) is 23.1 Å². The summed E-state index contributed by atoms with van der Waals surface area (Å²) in [5, 5.41) is 20.3. The predicted molar refractivity (Wildman–Crippen MR) is 188 cm³/mol. The molecule has 6 atom stereocenters. The highest BCUT2D eigenvalue weighted by molar-refractivity contribution is 6.33. The van der Waals surface area contributed by atoms with Crippen molar-refractivity contribution >= 4 is 40.6 Å². The predicted octanol–water partition coefficient (Wildman–Crippen LogP) is 6.82. The second-order valence-corrected chi connectivity index (χ2v) is 14.1. The van der Waals surface area contributed by atoms with Gasteiger partial charge in [0.05, 0.1) is 17.3 Å². The number of carbonyl (C=O) groups excluding carboxylic acids is 4. The molecule has 1 saturated heterocycles. The molecule has 1 heterocycles. The van der Waals surface area contributed by atoms with Gasteiger partial charge in [-0.1, -0.05) is 102 Å². The van der Waals surface area contributed by atoms with Gasteiger partial charge in [-0.15, -0.1) is 0 Å². The van der Waals surface area contributed by atoms with Crippen LogP contribution in [0.3, 0.4) is 0 Å². The Morgan fingerprint density at radius 2 is 1.46 bits per heavy atom. The van der Waals surface area contributed by atoms with Gasteiger partial charge in [-0.05, 0) is 77.8 Å². The number of hydrogen-bond donors (Lipinski definition) is 2. The molecular formula is C42H34ClNO6. The Labute approximate surface area is 294 Å². The number of nitrogens with zero attached hydrogens (tertiary/aromatic N) is 1. The van der Waals surface area contributed by atoms with Gasteiger partial charge < -0.3 is 10.2 Å². The van der Waals surface area contributed by atoms with Crippen LogP contribution in [0.1, 0.15) is 41.0 Å². The summed E-state index contributed by atoms with van der Waals surface area (Å²) in [4.78, 5) is 59.7. The molecule has 8 heteroatoms. The van der Waals surface area contributed by atoms with E-state index in [4.69, 9.17) is 11.6 Å². The number of benzene rings is 4. The lowest BCUT2D eigenvalue weighted by atomic mass is 9.44. The van der Waals surface area contributed by atoms with Crippen LogP contribution in [0.4, 0.5) is 0 Å². The molecule has 4 aromatic carbocycles. The van der Waals surface area contributed by atoms with Crippen molar-refractivity contribution in [1.82, 2.24) is 4.90 Å². The fourth-order valence-corrected chi connectivity index (χ4v) is 9.44. The lowest BCUT2D eigenvalue weighted by Gasteiger charge is -2.55. The third-order valence-electron chi connectivity index (χ3n) is 11.3. The molecule has 1 saturated carbocycles. The standard InChI is InChI=1S/C42H34ClNO6/c43-35-21-28(46)15-16-30(35)38-29-17-18-31-37(41(50)44(40(31)49)20-19-24-11-13-27(45)14-12-24)33(29)22-34-39(48)32(25-7-3-1-4-8-25)23-36(47)42(34,38)26-9-5-2-6-10-26/h1-17,21,23,31,33-34,37-38,45-46H,18-20,22H2/t31-,33+,34-,37-,38+,42-/m0/s1. The number of phenols is 2. The number of aromatic hydroxyl groups is 2. The van der Waals surface area contributed by atoms with E-state index in [0.717, 1.165) is 11.1 Å². The van der Waals surface area contributed by atoms with Crippen LogP contribution in [0.5, 0.6) is 11.5 Å². The Hall–Kier alpha value is -5.27. The monoisotopic (exact) mass is 683 g/mol. The van der Waals surface area contributed by atoms with E-state index in [1.54, 1.807) is 30.3 Å². The lowest BCUT2D eigenvalue weighted by molar-refractivity contribution is -0.140. The first-order valence-corrected chi connectivity index (χ1v) is 17.3. The van der Waals surface area contributed by atoms with Crippen LogP contribution in [-0.2, 0) is 31.0 Å². The van der Waals surface area contributed by atoms with E-state index in [0.29, 0.717) is 35.1 Å². The molecule has 3 aliphatic carbocycles. The summed E-state index contributed by atoms with van der Waals surface area (Å²) in [5.74, 6) is -4.25. The number of phenolic OH excluding ortho intramolecular Hbond substituents is 2. The third-order valence-corrected chi connectivity index (χ3v) is 11.6. The molecule has 7 nitrogen and oxygen atoms in total. The SMILES string of the molecule is O=C1C(c2ccccc2)=CC(=O)[C@@]2(c3ccccc3)[C@@H](c3ccc(O)cc3Cl)C3=CC[C@@H]4C(=O)N(CCc5ccc(O)cc5)C(=O)[C@@H]4[C@@H]3C[C@@H]12. The topological polar surface area (TPSA) is 112 Å². The van der Waals surface area contributed by atoms with Crippen molar-refractivity contribution in [3.05, 3.63) is 148 Å². The quantitative estimate of drug-likeness (QED) is 0.171. The highest BCUT2D eigenvalue weighted by Gasteiger charge is 2.66. The van der Waals surface area contributed by atoms with Crippen LogP contribution >= 0.6 is 11.6 Å². The lowest BCUT2D eigenvalue weighted by Crippen LogP contribution is -2.58. The molecule has 0 radical (unpaired) electrons. The van der Waals surface area contributed by atoms with Crippen molar-refractivity contribution in [2.24, 2.45) is 23.7 Å². The molecule has 1 aliphatic heterocycles. The molecule has 250 valence electrons. The Morgan fingerprint density at radius 1 is 0.780 bits per heavy atom. The molecule has 0 bridgehead atoms. The van der Waals surface area contributed by atoms with Gasteiger partial charge in [0, 0.05) is 29.0 Å². The minimum Gasteiger partial charge on any atom is -0.508 e. The molecule has 2 N–H and O–H groups in total. The molecule has 0 spiro atoms. The summed E-state index contributed by atoms with van der Waals surface area (Å²) in [6.45, 7) is 0.195. The van der Waals surface area contributed by atoms with E-state index >= 15 is 4.79 Å². The van der Waals surface area contributed by atoms with Crippen molar-refractivity contribution < 1.29 is 29.4 Å². The van der Waals surface area contributed by atoms with E-state index in [9.17, 15) is 24.6 Å². The average molecular weight is 684 g/mol. The molecule has 50 heavy (non-hydrogen) atoms. The maximum absolute atomic E-state index is 15.1. The molecule has 4 aliphatic rings. The number of amides is 2. The van der Waals surface area contributed by atoms with Crippen molar-refractivity contribution in [2.45, 2.75) is 30.6 Å². The van der Waals surface area contributed by atoms with Gasteiger partial charge in [-0.2, -0.15) is 0 Å². The van der Waals surface area contributed by atoms with E-state index in [1.807, 2.05) is 66.7 Å².